The first-order valence-corrected chi connectivity index (χ1v) is 3.51. The summed E-state index contributed by atoms with van der Waals surface area (Å²) in [6.45, 7) is 0. The Labute approximate surface area is 73.1 Å². The van der Waals surface area contributed by atoms with E-state index >= 15 is 0 Å². The lowest BCUT2D eigenvalue weighted by atomic mass is 10.4. The highest BCUT2D eigenvalue weighted by Crippen LogP contribution is 2.08. The smallest absolute Gasteiger partial charge is 0.429 e. The largest absolute Gasteiger partial charge is 0.482 e. The Balaban J connectivity index is 0.000000292. The van der Waals surface area contributed by atoms with E-state index in [-0.39, 0.29) is 13.5 Å². The normalized spacial score (nSPS) is 8.00. The summed E-state index contributed by atoms with van der Waals surface area (Å²) in [4.78, 5) is 0. The van der Waals surface area contributed by atoms with Crippen LogP contribution in [-0.2, 0) is 0 Å². The lowest BCUT2D eigenvalue weighted by Crippen LogP contribution is -1.75. The molecule has 1 aromatic rings. The molecule has 59 valence electrons. The lowest BCUT2D eigenvalue weighted by molar-refractivity contribution is 0.448. The van der Waals surface area contributed by atoms with E-state index in [0.717, 1.165) is 4.47 Å². The van der Waals surface area contributed by atoms with Crippen LogP contribution in [0.4, 0.5) is 4.39 Å². The highest BCUT2D eigenvalue weighted by Gasteiger charge is 1.84. The number of hydrogen-bond acceptors (Lipinski definition) is 2. The summed E-state index contributed by atoms with van der Waals surface area (Å²) >= 11 is 3.18. The maximum atomic E-state index is 12.1. The highest BCUT2D eigenvalue weighted by atomic mass is 79.9. The molecular weight excluding hydrogens is 214 g/mol. The van der Waals surface area contributed by atoms with E-state index in [1.807, 2.05) is 0 Å². The first-order valence-electron chi connectivity index (χ1n) is 2.72. The fourth-order valence-electron chi connectivity index (χ4n) is 0.430. The third-order valence-electron chi connectivity index (χ3n) is 0.804. The van der Waals surface area contributed by atoms with E-state index < -0.39 is 0 Å². The molecule has 0 saturated heterocycles. The molecule has 2 N–H and O–H groups in total. The van der Waals surface area contributed by atoms with E-state index in [4.69, 9.17) is 10.0 Å². The molecule has 0 spiro atoms. The Morgan fingerprint density at radius 3 is 1.82 bits per heavy atom. The summed E-state index contributed by atoms with van der Waals surface area (Å²) in [6.07, 6.45) is 0. The maximum Gasteiger partial charge on any atom is 0.482 e. The molecule has 0 aliphatic heterocycles. The fourth-order valence-corrected chi connectivity index (χ4v) is 0.694. The second-order valence-corrected chi connectivity index (χ2v) is 2.47. The van der Waals surface area contributed by atoms with Gasteiger partial charge in [0.2, 0.25) is 0 Å². The van der Waals surface area contributed by atoms with Crippen molar-refractivity contribution in [1.29, 1.82) is 0 Å². The van der Waals surface area contributed by atoms with Gasteiger partial charge < -0.3 is 10.0 Å². The molecule has 1 radical (unpaired) electrons. The molecule has 1 aromatic carbocycles. The van der Waals surface area contributed by atoms with Crippen molar-refractivity contribution >= 4 is 23.6 Å². The van der Waals surface area contributed by atoms with Gasteiger partial charge in [0.1, 0.15) is 5.82 Å². The molecule has 0 amide bonds. The van der Waals surface area contributed by atoms with Crippen LogP contribution in [0.5, 0.6) is 0 Å². The van der Waals surface area contributed by atoms with Crippen LogP contribution in [0.1, 0.15) is 0 Å². The molecule has 0 bridgehead atoms. The van der Waals surface area contributed by atoms with Crippen molar-refractivity contribution in [3.63, 3.8) is 0 Å². The summed E-state index contributed by atoms with van der Waals surface area (Å²) in [6, 6.07) is 6.14. The van der Waals surface area contributed by atoms with Crippen LogP contribution in [0, 0.1) is 5.82 Å². The third-order valence-corrected chi connectivity index (χ3v) is 1.33. The van der Waals surface area contributed by atoms with Crippen LogP contribution in [0.2, 0.25) is 0 Å². The van der Waals surface area contributed by atoms with Crippen molar-refractivity contribution in [1.82, 2.24) is 0 Å². The van der Waals surface area contributed by atoms with Gasteiger partial charge in [0.15, 0.2) is 0 Å². The van der Waals surface area contributed by atoms with Crippen molar-refractivity contribution in [2.45, 2.75) is 0 Å². The van der Waals surface area contributed by atoms with Crippen LogP contribution in [-0.4, -0.2) is 17.7 Å². The molecule has 1 rings (SSSR count). The molecule has 11 heavy (non-hydrogen) atoms. The molecule has 0 aliphatic carbocycles. The molecule has 0 atom stereocenters. The summed E-state index contributed by atoms with van der Waals surface area (Å²) in [5, 5.41) is 14.0. The Morgan fingerprint density at radius 2 is 1.55 bits per heavy atom. The summed E-state index contributed by atoms with van der Waals surface area (Å²) in [5.74, 6) is -0.201. The summed E-state index contributed by atoms with van der Waals surface area (Å²) in [7, 11) is 0. The van der Waals surface area contributed by atoms with Crippen molar-refractivity contribution in [3.05, 3.63) is 34.6 Å². The standard InChI is InChI=1S/C6H4BrF.BH2O2/c7-5-1-3-6(8)4-2-5;2-1-3/h1-4H;2-3H. The number of halogens is 2. The first-order chi connectivity index (χ1) is 5.20. The predicted octanol–water partition coefficient (Wildman–Crippen LogP) is 1.09. The minimum Gasteiger partial charge on any atom is -0.429 e. The fraction of sp³-hybridized carbons (Fsp3) is 0. The summed E-state index contributed by atoms with van der Waals surface area (Å²) in [5.41, 5.74) is 0. The van der Waals surface area contributed by atoms with Crippen LogP contribution in [0.25, 0.3) is 0 Å². The Kier molecular flexibility index (Phi) is 6.11. The van der Waals surface area contributed by atoms with Crippen LogP contribution in [0.3, 0.4) is 0 Å². The molecule has 0 saturated carbocycles. The van der Waals surface area contributed by atoms with Gasteiger partial charge in [-0.05, 0) is 24.3 Å². The average molecular weight is 220 g/mol. The van der Waals surface area contributed by atoms with Gasteiger partial charge in [0, 0.05) is 4.47 Å². The molecular formula is C6H6BBrFO2. The monoisotopic (exact) mass is 219 g/mol. The van der Waals surface area contributed by atoms with E-state index in [0.29, 0.717) is 0 Å². The van der Waals surface area contributed by atoms with Crippen LogP contribution in [0.15, 0.2) is 28.7 Å². The quantitative estimate of drug-likeness (QED) is 0.642. The number of rotatable bonds is 0. The van der Waals surface area contributed by atoms with E-state index in [2.05, 4.69) is 15.9 Å². The third kappa shape index (κ3) is 6.03. The minimum atomic E-state index is -0.201. The molecule has 0 fully saturated rings. The zero-order valence-electron chi connectivity index (χ0n) is 5.54. The first kappa shape index (κ1) is 10.6. The minimum absolute atomic E-state index is 0. The van der Waals surface area contributed by atoms with Gasteiger partial charge in [-0.1, -0.05) is 15.9 Å². The van der Waals surface area contributed by atoms with Crippen molar-refractivity contribution in [2.24, 2.45) is 0 Å². The van der Waals surface area contributed by atoms with Gasteiger partial charge in [-0.2, -0.15) is 0 Å². The van der Waals surface area contributed by atoms with Crippen molar-refractivity contribution < 1.29 is 14.4 Å². The van der Waals surface area contributed by atoms with Crippen molar-refractivity contribution in [2.75, 3.05) is 0 Å². The second kappa shape index (κ2) is 6.33. The second-order valence-electron chi connectivity index (χ2n) is 1.55. The topological polar surface area (TPSA) is 40.5 Å². The molecule has 5 heteroatoms. The van der Waals surface area contributed by atoms with Gasteiger partial charge in [0.05, 0.1) is 0 Å². The van der Waals surface area contributed by atoms with Crippen LogP contribution >= 0.6 is 15.9 Å². The number of hydrogen-bond donors (Lipinski definition) is 2. The van der Waals surface area contributed by atoms with Crippen molar-refractivity contribution in [3.8, 4) is 0 Å². The molecule has 0 aliphatic rings. The lowest BCUT2D eigenvalue weighted by Gasteiger charge is -1.85. The summed E-state index contributed by atoms with van der Waals surface area (Å²) < 4.78 is 13.0. The molecule has 2 nitrogen and oxygen atoms in total. The van der Waals surface area contributed by atoms with E-state index in [9.17, 15) is 4.39 Å². The van der Waals surface area contributed by atoms with Gasteiger partial charge in [-0.3, -0.25) is 0 Å². The molecule has 0 heterocycles. The number of benzene rings is 1. The molecule has 0 aromatic heterocycles. The predicted molar refractivity (Wildman–Crippen MR) is 44.3 cm³/mol. The van der Waals surface area contributed by atoms with Gasteiger partial charge >= 0.3 is 7.69 Å². The van der Waals surface area contributed by atoms with Crippen LogP contribution < -0.4 is 0 Å². The van der Waals surface area contributed by atoms with E-state index in [1.54, 1.807) is 12.1 Å². The van der Waals surface area contributed by atoms with E-state index in [1.165, 1.54) is 12.1 Å². The highest BCUT2D eigenvalue weighted by molar-refractivity contribution is 9.10. The zero-order valence-corrected chi connectivity index (χ0v) is 7.12. The Bertz CT molecular complexity index is 171. The Hall–Kier alpha value is -0.385. The zero-order chi connectivity index (χ0) is 8.69. The maximum absolute atomic E-state index is 12.1. The average Bonchev–Trinajstić information content (AvgIpc) is 1.97. The van der Waals surface area contributed by atoms with Gasteiger partial charge in [-0.25, -0.2) is 4.39 Å². The Morgan fingerprint density at radius 1 is 1.18 bits per heavy atom. The SMILES string of the molecule is Fc1ccc(Br)cc1.O[B]O. The molecule has 0 unspecified atom stereocenters. The van der Waals surface area contributed by atoms with Gasteiger partial charge in [-0.15, -0.1) is 0 Å². The van der Waals surface area contributed by atoms with Gasteiger partial charge in [0.25, 0.3) is 0 Å².